The number of benzene rings is 3. The van der Waals surface area contributed by atoms with E-state index in [1.807, 2.05) is 36.4 Å². The molecule has 254 valence electrons. The number of alkyl halides is 3. The van der Waals surface area contributed by atoms with Gasteiger partial charge in [0.1, 0.15) is 42.8 Å². The number of aryl methyl sites for hydroxylation is 1. The second-order valence-corrected chi connectivity index (χ2v) is 11.6. The molecule has 0 bridgehead atoms. The number of fused-ring (bicyclic) bond motifs is 1. The van der Waals surface area contributed by atoms with Crippen molar-refractivity contribution in [3.63, 3.8) is 0 Å². The van der Waals surface area contributed by atoms with Gasteiger partial charge in [0.25, 0.3) is 0 Å². The van der Waals surface area contributed by atoms with Gasteiger partial charge in [-0.15, -0.1) is 13.2 Å². The van der Waals surface area contributed by atoms with Crippen molar-refractivity contribution in [2.45, 2.75) is 57.8 Å². The van der Waals surface area contributed by atoms with E-state index >= 15 is 0 Å². The molecule has 11 nitrogen and oxygen atoms in total. The molecule has 0 saturated carbocycles. The molecule has 1 saturated heterocycles. The number of anilines is 2. The van der Waals surface area contributed by atoms with Gasteiger partial charge >= 0.3 is 18.2 Å². The Kier molecular flexibility index (Phi) is 9.78. The van der Waals surface area contributed by atoms with Crippen molar-refractivity contribution in [3.8, 4) is 23.3 Å². The van der Waals surface area contributed by atoms with Gasteiger partial charge < -0.3 is 38.9 Å². The Bertz CT molecular complexity index is 1660. The summed E-state index contributed by atoms with van der Waals surface area (Å²) in [5.41, 5.74) is 2.98. The largest absolute Gasteiger partial charge is 0.573 e. The molecule has 1 atom stereocenters. The molecule has 14 heteroatoms. The van der Waals surface area contributed by atoms with Gasteiger partial charge in [-0.3, -0.25) is 4.57 Å². The predicted molar refractivity (Wildman–Crippen MR) is 172 cm³/mol. The molecule has 6 rings (SSSR count). The van der Waals surface area contributed by atoms with Crippen molar-refractivity contribution in [1.29, 1.82) is 0 Å². The molecule has 0 amide bonds. The fraction of sp³-hybridized carbons (Fsp3) is 0.382. The van der Waals surface area contributed by atoms with Gasteiger partial charge in [-0.05, 0) is 90.9 Å². The second kappa shape index (κ2) is 14.3. The standard InChI is InChI=1S/C34H36F3N5O6/c1-2-41(26-7-13-28(14-8-26)45-22-24-3-9-30(10-4-24)48-34(35,36)37)27-15-18-39(19-16-27)25-5-11-29(12-6-25)46-23-31-17-20-40-21-32(42(43)44)38-33(40)47-31/h3-14,21,27,31H,2,15-20,22-23H2,1H3. The van der Waals surface area contributed by atoms with Crippen LogP contribution in [0.25, 0.3) is 0 Å². The van der Waals surface area contributed by atoms with Crippen LogP contribution in [0.2, 0.25) is 0 Å². The van der Waals surface area contributed by atoms with Crippen molar-refractivity contribution in [1.82, 2.24) is 9.55 Å². The summed E-state index contributed by atoms with van der Waals surface area (Å²) in [5, 5.41) is 11.0. The van der Waals surface area contributed by atoms with E-state index in [9.17, 15) is 23.3 Å². The molecule has 0 aliphatic carbocycles. The normalized spacial score (nSPS) is 16.5. The minimum Gasteiger partial charge on any atom is -0.490 e. The van der Waals surface area contributed by atoms with Gasteiger partial charge in [-0.25, -0.2) is 0 Å². The van der Waals surface area contributed by atoms with E-state index in [0.29, 0.717) is 31.4 Å². The number of rotatable bonds is 12. The highest BCUT2D eigenvalue weighted by molar-refractivity contribution is 5.52. The van der Waals surface area contributed by atoms with Gasteiger partial charge in [-0.2, -0.15) is 0 Å². The van der Waals surface area contributed by atoms with Crippen molar-refractivity contribution in [2.75, 3.05) is 36.0 Å². The summed E-state index contributed by atoms with van der Waals surface area (Å²) in [6.07, 6.45) is -0.883. The van der Waals surface area contributed by atoms with E-state index in [-0.39, 0.29) is 30.3 Å². The number of hydrogen-bond donors (Lipinski definition) is 0. The van der Waals surface area contributed by atoms with Crippen LogP contribution in [-0.2, 0) is 13.2 Å². The summed E-state index contributed by atoms with van der Waals surface area (Å²) in [6, 6.07) is 22.2. The van der Waals surface area contributed by atoms with Crippen LogP contribution in [0.1, 0.15) is 31.7 Å². The zero-order valence-corrected chi connectivity index (χ0v) is 26.3. The van der Waals surface area contributed by atoms with E-state index in [0.717, 1.165) is 55.2 Å². The molecule has 0 N–H and O–H groups in total. The van der Waals surface area contributed by atoms with Crippen LogP contribution in [0, 0.1) is 10.1 Å². The number of nitrogens with zero attached hydrogens (tertiary/aromatic N) is 5. The number of halogens is 3. The maximum Gasteiger partial charge on any atom is 0.573 e. The van der Waals surface area contributed by atoms with Crippen molar-refractivity contribution in [2.24, 2.45) is 0 Å². The van der Waals surface area contributed by atoms with E-state index in [4.69, 9.17) is 14.2 Å². The molecule has 1 unspecified atom stereocenters. The summed E-state index contributed by atoms with van der Waals surface area (Å²) >= 11 is 0. The first-order valence-electron chi connectivity index (χ1n) is 15.8. The monoisotopic (exact) mass is 667 g/mol. The van der Waals surface area contributed by atoms with Crippen LogP contribution in [0.15, 0.2) is 79.0 Å². The number of hydrogen-bond acceptors (Lipinski definition) is 9. The van der Waals surface area contributed by atoms with E-state index < -0.39 is 11.3 Å². The number of piperidine rings is 1. The lowest BCUT2D eigenvalue weighted by molar-refractivity contribution is -0.389. The maximum atomic E-state index is 12.4. The second-order valence-electron chi connectivity index (χ2n) is 11.6. The third-order valence-corrected chi connectivity index (χ3v) is 8.49. The molecule has 4 aromatic rings. The zero-order valence-electron chi connectivity index (χ0n) is 26.3. The van der Waals surface area contributed by atoms with Gasteiger partial charge in [0.05, 0.1) is 0 Å². The average molecular weight is 668 g/mol. The number of ether oxygens (including phenoxy) is 4. The van der Waals surface area contributed by atoms with Gasteiger partial charge in [0.2, 0.25) is 0 Å². The topological polar surface area (TPSA) is 104 Å². The fourth-order valence-electron chi connectivity index (χ4n) is 6.05. The Morgan fingerprint density at radius 1 is 0.917 bits per heavy atom. The van der Waals surface area contributed by atoms with Gasteiger partial charge in [0.15, 0.2) is 0 Å². The first-order chi connectivity index (χ1) is 23.1. The molecule has 1 fully saturated rings. The van der Waals surface area contributed by atoms with E-state index in [2.05, 4.69) is 38.6 Å². The molecule has 1 aromatic heterocycles. The third kappa shape index (κ3) is 8.22. The average Bonchev–Trinajstić information content (AvgIpc) is 3.52. The van der Waals surface area contributed by atoms with E-state index in [1.54, 1.807) is 16.7 Å². The van der Waals surface area contributed by atoms with Gasteiger partial charge in [-0.1, -0.05) is 12.1 Å². The molecule has 0 spiro atoms. The minimum atomic E-state index is -4.72. The highest BCUT2D eigenvalue weighted by atomic mass is 19.4. The highest BCUT2D eigenvalue weighted by Gasteiger charge is 2.31. The summed E-state index contributed by atoms with van der Waals surface area (Å²) in [4.78, 5) is 19.2. The Morgan fingerprint density at radius 2 is 1.56 bits per heavy atom. The lowest BCUT2D eigenvalue weighted by Gasteiger charge is -2.40. The van der Waals surface area contributed by atoms with Crippen LogP contribution >= 0.6 is 0 Å². The SMILES string of the molecule is CCN(c1ccc(OCc2ccc(OC(F)(F)F)cc2)cc1)C1CCN(c2ccc(OCC3CCn4cc([N+](=O)[O-])nc4O3)cc2)CC1. The van der Waals surface area contributed by atoms with Crippen LogP contribution in [0.4, 0.5) is 30.4 Å². The summed E-state index contributed by atoms with van der Waals surface area (Å²) in [7, 11) is 0. The smallest absolute Gasteiger partial charge is 0.490 e. The lowest BCUT2D eigenvalue weighted by Crippen LogP contribution is -2.45. The highest BCUT2D eigenvalue weighted by Crippen LogP contribution is 2.30. The molecule has 3 aromatic carbocycles. The molecular weight excluding hydrogens is 631 g/mol. The zero-order chi connectivity index (χ0) is 33.7. The molecule has 48 heavy (non-hydrogen) atoms. The quantitative estimate of drug-likeness (QED) is 0.117. The molecule has 0 radical (unpaired) electrons. The minimum absolute atomic E-state index is 0.221. The molecular formula is C34H36F3N5O6. The molecule has 2 aliphatic rings. The first-order valence-corrected chi connectivity index (χ1v) is 15.8. The summed E-state index contributed by atoms with van der Waals surface area (Å²) in [5.74, 6) is 0.925. The Balaban J connectivity index is 0.948. The summed E-state index contributed by atoms with van der Waals surface area (Å²) in [6.45, 7) is 6.00. The van der Waals surface area contributed by atoms with Gasteiger partial charge in [0, 0.05) is 55.0 Å². The Hall–Kier alpha value is -5.14. The maximum absolute atomic E-state index is 12.4. The van der Waals surface area contributed by atoms with Crippen molar-refractivity contribution in [3.05, 3.63) is 94.7 Å². The van der Waals surface area contributed by atoms with Crippen LogP contribution in [-0.4, -0.2) is 59.2 Å². The Morgan fingerprint density at radius 3 is 2.21 bits per heavy atom. The summed E-state index contributed by atoms with van der Waals surface area (Å²) < 4.78 is 60.3. The fourth-order valence-corrected chi connectivity index (χ4v) is 6.05. The lowest BCUT2D eigenvalue weighted by atomic mass is 10.0. The van der Waals surface area contributed by atoms with Crippen LogP contribution < -0.4 is 28.7 Å². The number of imidazole rings is 1. The first kappa shape index (κ1) is 32.8. The molecule has 3 heterocycles. The van der Waals surface area contributed by atoms with Crippen LogP contribution in [0.3, 0.4) is 0 Å². The van der Waals surface area contributed by atoms with Crippen molar-refractivity contribution >= 4 is 17.2 Å². The number of nitro groups is 1. The third-order valence-electron chi connectivity index (χ3n) is 8.49. The Labute approximate surface area is 275 Å². The predicted octanol–water partition coefficient (Wildman–Crippen LogP) is 6.99. The number of aromatic nitrogens is 2. The van der Waals surface area contributed by atoms with E-state index in [1.165, 1.54) is 18.3 Å². The molecule has 2 aliphatic heterocycles. The van der Waals surface area contributed by atoms with Crippen LogP contribution in [0.5, 0.6) is 23.3 Å². The van der Waals surface area contributed by atoms with Crippen molar-refractivity contribution < 1.29 is 37.0 Å².